The van der Waals surface area contributed by atoms with Crippen LogP contribution in [0, 0.1) is 0 Å². The highest BCUT2D eigenvalue weighted by molar-refractivity contribution is 6.30. The first-order chi connectivity index (χ1) is 11.2. The van der Waals surface area contributed by atoms with Gasteiger partial charge in [-0.2, -0.15) is 5.10 Å². The highest BCUT2D eigenvalue weighted by Gasteiger charge is 2.21. The van der Waals surface area contributed by atoms with Gasteiger partial charge in [-0.1, -0.05) is 23.7 Å². The molecule has 1 saturated heterocycles. The second-order valence-corrected chi connectivity index (χ2v) is 6.09. The number of piperidine rings is 1. The van der Waals surface area contributed by atoms with Gasteiger partial charge in [0.2, 0.25) is 0 Å². The molecule has 23 heavy (non-hydrogen) atoms. The van der Waals surface area contributed by atoms with Crippen molar-refractivity contribution in [2.45, 2.75) is 32.5 Å². The minimum Gasteiger partial charge on any atom is -0.490 e. The van der Waals surface area contributed by atoms with E-state index >= 15 is 0 Å². The number of ether oxygens (including phenoxy) is 2. The smallest absolute Gasteiger partial charge is 0.161 e. The Bertz CT molecular complexity index is 624. The van der Waals surface area contributed by atoms with Crippen LogP contribution < -0.4 is 9.47 Å². The lowest BCUT2D eigenvalue weighted by Gasteiger charge is -2.32. The summed E-state index contributed by atoms with van der Waals surface area (Å²) < 4.78 is 13.6. The molecule has 0 radical (unpaired) electrons. The van der Waals surface area contributed by atoms with E-state index in [1.54, 1.807) is 6.20 Å². The molecule has 124 valence electrons. The number of benzene rings is 1. The lowest BCUT2D eigenvalue weighted by molar-refractivity contribution is 0.0783. The summed E-state index contributed by atoms with van der Waals surface area (Å²) >= 11 is 5.90. The summed E-state index contributed by atoms with van der Waals surface area (Å²) in [7, 11) is 0. The van der Waals surface area contributed by atoms with E-state index in [4.69, 9.17) is 21.1 Å². The minimum atomic E-state index is 0.231. The fourth-order valence-corrected chi connectivity index (χ4v) is 2.95. The standard InChI is InChI=1S/C17H22ClN3O2/c1-2-22-16-5-3-4-6-17(16)23-15-7-9-20(10-8-15)13-21-12-14(18)11-19-21/h3-6,11-12,15H,2,7-10,13H2,1H3. The topological polar surface area (TPSA) is 39.5 Å². The van der Waals surface area contributed by atoms with Crippen LogP contribution in [0.25, 0.3) is 0 Å². The predicted molar refractivity (Wildman–Crippen MR) is 90.1 cm³/mol. The van der Waals surface area contributed by atoms with Crippen molar-refractivity contribution in [1.29, 1.82) is 0 Å². The molecule has 3 rings (SSSR count). The van der Waals surface area contributed by atoms with E-state index in [-0.39, 0.29) is 6.10 Å². The summed E-state index contributed by atoms with van der Waals surface area (Å²) in [6, 6.07) is 7.88. The molecule has 0 spiro atoms. The Balaban J connectivity index is 1.51. The van der Waals surface area contributed by atoms with Gasteiger partial charge in [0.15, 0.2) is 11.5 Å². The number of likely N-dealkylation sites (tertiary alicyclic amines) is 1. The van der Waals surface area contributed by atoms with Crippen molar-refractivity contribution >= 4 is 11.6 Å². The third-order valence-corrected chi connectivity index (χ3v) is 4.12. The van der Waals surface area contributed by atoms with Gasteiger partial charge in [-0.05, 0) is 31.9 Å². The van der Waals surface area contributed by atoms with Crippen molar-refractivity contribution in [3.8, 4) is 11.5 Å². The van der Waals surface area contributed by atoms with Gasteiger partial charge in [-0.3, -0.25) is 9.58 Å². The van der Waals surface area contributed by atoms with Gasteiger partial charge >= 0.3 is 0 Å². The molecule has 0 bridgehead atoms. The fraction of sp³-hybridized carbons (Fsp3) is 0.471. The second-order valence-electron chi connectivity index (χ2n) is 5.65. The molecule has 1 aromatic carbocycles. The highest BCUT2D eigenvalue weighted by atomic mass is 35.5. The number of rotatable bonds is 6. The molecule has 0 N–H and O–H groups in total. The average molecular weight is 336 g/mol. The zero-order valence-corrected chi connectivity index (χ0v) is 14.1. The maximum absolute atomic E-state index is 6.15. The molecule has 0 amide bonds. The van der Waals surface area contributed by atoms with Gasteiger partial charge < -0.3 is 9.47 Å². The van der Waals surface area contributed by atoms with Crippen LogP contribution in [-0.2, 0) is 6.67 Å². The molecule has 6 heteroatoms. The second kappa shape index (κ2) is 7.70. The van der Waals surface area contributed by atoms with Crippen molar-refractivity contribution in [2.24, 2.45) is 0 Å². The summed E-state index contributed by atoms with van der Waals surface area (Å²) in [5.74, 6) is 1.66. The molecule has 0 atom stereocenters. The first-order valence-corrected chi connectivity index (χ1v) is 8.41. The molecular weight excluding hydrogens is 314 g/mol. The van der Waals surface area contributed by atoms with Gasteiger partial charge in [0.25, 0.3) is 0 Å². The summed E-state index contributed by atoms with van der Waals surface area (Å²) in [4.78, 5) is 2.36. The van der Waals surface area contributed by atoms with Crippen LogP contribution in [0.2, 0.25) is 5.02 Å². The first kappa shape index (κ1) is 16.1. The Morgan fingerprint density at radius 3 is 2.61 bits per heavy atom. The van der Waals surface area contributed by atoms with Crippen molar-refractivity contribution in [2.75, 3.05) is 19.7 Å². The molecule has 1 aromatic heterocycles. The largest absolute Gasteiger partial charge is 0.490 e. The number of hydrogen-bond acceptors (Lipinski definition) is 4. The summed E-state index contributed by atoms with van der Waals surface area (Å²) in [6.07, 6.45) is 5.74. The van der Waals surface area contributed by atoms with E-state index in [1.807, 2.05) is 42.1 Å². The normalized spacial score (nSPS) is 16.4. The van der Waals surface area contributed by atoms with Crippen LogP contribution in [0.3, 0.4) is 0 Å². The number of hydrogen-bond donors (Lipinski definition) is 0. The van der Waals surface area contributed by atoms with Gasteiger partial charge in [0.05, 0.1) is 24.5 Å². The molecular formula is C17H22ClN3O2. The van der Waals surface area contributed by atoms with Crippen molar-refractivity contribution < 1.29 is 9.47 Å². The third-order valence-electron chi connectivity index (χ3n) is 3.92. The van der Waals surface area contributed by atoms with Crippen LogP contribution >= 0.6 is 11.6 Å². The van der Waals surface area contributed by atoms with Crippen molar-refractivity contribution in [1.82, 2.24) is 14.7 Å². The lowest BCUT2D eigenvalue weighted by atomic mass is 10.1. The van der Waals surface area contributed by atoms with E-state index in [0.29, 0.717) is 11.6 Å². The molecule has 0 unspecified atom stereocenters. The molecule has 1 fully saturated rings. The summed E-state index contributed by atoms with van der Waals surface area (Å²) in [5, 5.41) is 4.90. The first-order valence-electron chi connectivity index (χ1n) is 8.03. The van der Waals surface area contributed by atoms with E-state index in [1.165, 1.54) is 0 Å². The highest BCUT2D eigenvalue weighted by Crippen LogP contribution is 2.29. The lowest BCUT2D eigenvalue weighted by Crippen LogP contribution is -2.39. The van der Waals surface area contributed by atoms with E-state index in [2.05, 4.69) is 10.00 Å². The van der Waals surface area contributed by atoms with Crippen molar-refractivity contribution in [3.05, 3.63) is 41.7 Å². The van der Waals surface area contributed by atoms with Crippen LogP contribution in [0.1, 0.15) is 19.8 Å². The van der Waals surface area contributed by atoms with Gasteiger partial charge in [-0.25, -0.2) is 0 Å². The molecule has 1 aliphatic rings. The SMILES string of the molecule is CCOc1ccccc1OC1CCN(Cn2cc(Cl)cn2)CC1. The minimum absolute atomic E-state index is 0.231. The monoisotopic (exact) mass is 335 g/mol. The molecule has 0 aliphatic carbocycles. The summed E-state index contributed by atoms with van der Waals surface area (Å²) in [6.45, 7) is 5.37. The maximum Gasteiger partial charge on any atom is 0.161 e. The van der Waals surface area contributed by atoms with Crippen LogP contribution in [0.4, 0.5) is 0 Å². The predicted octanol–water partition coefficient (Wildman–Crippen LogP) is 3.44. The van der Waals surface area contributed by atoms with Crippen LogP contribution in [0.5, 0.6) is 11.5 Å². The average Bonchev–Trinajstić information content (AvgIpc) is 2.96. The fourth-order valence-electron chi connectivity index (χ4n) is 2.79. The zero-order valence-electron chi connectivity index (χ0n) is 13.3. The molecule has 0 saturated carbocycles. The van der Waals surface area contributed by atoms with Gasteiger partial charge in [0.1, 0.15) is 6.10 Å². The number of aromatic nitrogens is 2. The number of para-hydroxylation sites is 2. The maximum atomic E-state index is 6.15. The Hall–Kier alpha value is -1.72. The van der Waals surface area contributed by atoms with Crippen LogP contribution in [-0.4, -0.2) is 40.5 Å². The molecule has 5 nitrogen and oxygen atoms in total. The zero-order chi connectivity index (χ0) is 16.1. The molecule has 2 heterocycles. The Morgan fingerprint density at radius 1 is 1.22 bits per heavy atom. The van der Waals surface area contributed by atoms with E-state index in [9.17, 15) is 0 Å². The number of nitrogens with zero attached hydrogens (tertiary/aromatic N) is 3. The van der Waals surface area contributed by atoms with Gasteiger partial charge in [-0.15, -0.1) is 0 Å². The van der Waals surface area contributed by atoms with E-state index < -0.39 is 0 Å². The Kier molecular flexibility index (Phi) is 5.41. The Labute approximate surface area is 141 Å². The quantitative estimate of drug-likeness (QED) is 0.810. The Morgan fingerprint density at radius 2 is 1.96 bits per heavy atom. The van der Waals surface area contributed by atoms with E-state index in [0.717, 1.165) is 44.1 Å². The number of halogens is 1. The van der Waals surface area contributed by atoms with Gasteiger partial charge in [0, 0.05) is 19.3 Å². The summed E-state index contributed by atoms with van der Waals surface area (Å²) in [5.41, 5.74) is 0. The van der Waals surface area contributed by atoms with Crippen LogP contribution in [0.15, 0.2) is 36.7 Å². The third kappa shape index (κ3) is 4.39. The molecule has 1 aliphatic heterocycles. The molecule has 2 aromatic rings. The van der Waals surface area contributed by atoms with Crippen molar-refractivity contribution in [3.63, 3.8) is 0 Å².